The maximum atomic E-state index is 12.1. The van der Waals surface area contributed by atoms with Crippen LogP contribution in [0.4, 0.5) is 0 Å². The molecule has 1 aliphatic rings. The molecule has 3 rings (SSSR count). The summed E-state index contributed by atoms with van der Waals surface area (Å²) in [4.78, 5) is 17.8. The highest BCUT2D eigenvalue weighted by Gasteiger charge is 2.23. The molecule has 0 saturated heterocycles. The zero-order valence-corrected chi connectivity index (χ0v) is 11.2. The quantitative estimate of drug-likeness (QED) is 0.846. The Bertz CT molecular complexity index is 582. The summed E-state index contributed by atoms with van der Waals surface area (Å²) in [5.41, 5.74) is 2.42. The zero-order chi connectivity index (χ0) is 12.5. The maximum absolute atomic E-state index is 12.1. The lowest BCUT2D eigenvalue weighted by Crippen LogP contribution is -2.29. The van der Waals surface area contributed by atoms with Gasteiger partial charge in [-0.2, -0.15) is 5.10 Å². The molecule has 0 unspecified atom stereocenters. The van der Waals surface area contributed by atoms with Gasteiger partial charge in [0.25, 0.3) is 0 Å². The molecule has 1 aromatic heterocycles. The summed E-state index contributed by atoms with van der Waals surface area (Å²) in [7, 11) is 0. The minimum atomic E-state index is 0.0628. The van der Waals surface area contributed by atoms with Gasteiger partial charge in [-0.3, -0.25) is 4.79 Å². The van der Waals surface area contributed by atoms with Crippen molar-refractivity contribution in [1.82, 2.24) is 19.7 Å². The molecule has 6 heteroatoms. The average molecular weight is 307 g/mol. The number of rotatable bonds is 2. The number of amides is 1. The average Bonchev–Trinajstić information content (AvgIpc) is 2.96. The first-order valence-corrected chi connectivity index (χ1v) is 6.39. The highest BCUT2D eigenvalue weighted by atomic mass is 79.9. The van der Waals surface area contributed by atoms with Crippen molar-refractivity contribution in [2.75, 3.05) is 0 Å². The first-order valence-electron chi connectivity index (χ1n) is 5.60. The van der Waals surface area contributed by atoms with Crippen LogP contribution in [0.5, 0.6) is 0 Å². The van der Waals surface area contributed by atoms with E-state index in [2.05, 4.69) is 38.1 Å². The molecular weight excluding hydrogens is 296 g/mol. The summed E-state index contributed by atoms with van der Waals surface area (Å²) >= 11 is 3.44. The van der Waals surface area contributed by atoms with Crippen LogP contribution in [0.1, 0.15) is 11.1 Å². The molecule has 0 spiro atoms. The van der Waals surface area contributed by atoms with Gasteiger partial charge in [0.2, 0.25) is 5.91 Å². The highest BCUT2D eigenvalue weighted by Crippen LogP contribution is 2.25. The molecule has 0 saturated carbocycles. The van der Waals surface area contributed by atoms with Crippen molar-refractivity contribution in [3.05, 3.63) is 46.5 Å². The summed E-state index contributed by atoms with van der Waals surface area (Å²) in [5.74, 6) is 0.0628. The molecule has 2 aromatic rings. The number of aromatic nitrogens is 3. The van der Waals surface area contributed by atoms with Crippen molar-refractivity contribution in [2.45, 2.75) is 19.6 Å². The van der Waals surface area contributed by atoms with Gasteiger partial charge in [-0.25, -0.2) is 9.67 Å². The van der Waals surface area contributed by atoms with Crippen LogP contribution in [0.25, 0.3) is 0 Å². The predicted molar refractivity (Wildman–Crippen MR) is 68.4 cm³/mol. The number of hydrogen-bond acceptors (Lipinski definition) is 3. The van der Waals surface area contributed by atoms with Gasteiger partial charge in [0.1, 0.15) is 19.2 Å². The number of fused-ring (bicyclic) bond motifs is 1. The summed E-state index contributed by atoms with van der Waals surface area (Å²) in [6.07, 6.45) is 2.99. The molecule has 0 aliphatic carbocycles. The van der Waals surface area contributed by atoms with E-state index in [0.29, 0.717) is 13.1 Å². The van der Waals surface area contributed by atoms with Crippen molar-refractivity contribution >= 4 is 21.8 Å². The Morgan fingerprint density at radius 1 is 1.33 bits per heavy atom. The van der Waals surface area contributed by atoms with Crippen molar-refractivity contribution in [3.8, 4) is 0 Å². The second-order valence-electron chi connectivity index (χ2n) is 4.26. The Hall–Kier alpha value is -1.69. The van der Waals surface area contributed by atoms with E-state index >= 15 is 0 Å². The van der Waals surface area contributed by atoms with Crippen LogP contribution in [0.3, 0.4) is 0 Å². The molecule has 2 heterocycles. The third kappa shape index (κ3) is 2.15. The van der Waals surface area contributed by atoms with E-state index in [1.54, 1.807) is 11.0 Å². The van der Waals surface area contributed by atoms with Crippen molar-refractivity contribution in [2.24, 2.45) is 0 Å². The fourth-order valence-corrected chi connectivity index (χ4v) is 2.50. The van der Waals surface area contributed by atoms with E-state index in [-0.39, 0.29) is 12.5 Å². The third-order valence-corrected chi connectivity index (χ3v) is 3.50. The molecular formula is C12H11BrN4O. The number of nitrogens with zero attached hydrogens (tertiary/aromatic N) is 4. The van der Waals surface area contributed by atoms with E-state index in [1.165, 1.54) is 17.5 Å². The van der Waals surface area contributed by atoms with E-state index in [4.69, 9.17) is 0 Å². The first kappa shape index (κ1) is 11.4. The summed E-state index contributed by atoms with van der Waals surface area (Å²) in [6, 6.07) is 6.13. The summed E-state index contributed by atoms with van der Waals surface area (Å²) in [5, 5.41) is 3.94. The molecule has 1 amide bonds. The largest absolute Gasteiger partial charge is 0.332 e. The fourth-order valence-electron chi connectivity index (χ4n) is 2.09. The third-order valence-electron chi connectivity index (χ3n) is 3.01. The number of carbonyl (C=O) groups is 1. The molecule has 5 nitrogen and oxygen atoms in total. The van der Waals surface area contributed by atoms with Gasteiger partial charge in [0, 0.05) is 17.6 Å². The molecule has 18 heavy (non-hydrogen) atoms. The van der Waals surface area contributed by atoms with E-state index in [1.807, 2.05) is 11.0 Å². The van der Waals surface area contributed by atoms with Crippen LogP contribution < -0.4 is 0 Å². The van der Waals surface area contributed by atoms with Gasteiger partial charge in [-0.15, -0.1) is 0 Å². The Morgan fingerprint density at radius 3 is 2.94 bits per heavy atom. The van der Waals surface area contributed by atoms with Gasteiger partial charge in [0.05, 0.1) is 0 Å². The maximum Gasteiger partial charge on any atom is 0.244 e. The Kier molecular flexibility index (Phi) is 2.87. The van der Waals surface area contributed by atoms with E-state index < -0.39 is 0 Å². The lowest BCUT2D eigenvalue weighted by molar-refractivity contribution is -0.132. The van der Waals surface area contributed by atoms with Crippen molar-refractivity contribution in [3.63, 3.8) is 0 Å². The summed E-state index contributed by atoms with van der Waals surface area (Å²) in [6.45, 7) is 1.59. The van der Waals surface area contributed by atoms with E-state index in [0.717, 1.165) is 4.47 Å². The van der Waals surface area contributed by atoms with E-state index in [9.17, 15) is 4.79 Å². The fraction of sp³-hybridized carbons (Fsp3) is 0.250. The number of benzene rings is 1. The van der Waals surface area contributed by atoms with Gasteiger partial charge >= 0.3 is 0 Å². The second kappa shape index (κ2) is 4.53. The minimum absolute atomic E-state index is 0.0628. The minimum Gasteiger partial charge on any atom is -0.332 e. The van der Waals surface area contributed by atoms with Gasteiger partial charge in [-0.05, 0) is 23.3 Å². The topological polar surface area (TPSA) is 51.0 Å². The zero-order valence-electron chi connectivity index (χ0n) is 9.58. The van der Waals surface area contributed by atoms with Gasteiger partial charge < -0.3 is 4.90 Å². The van der Waals surface area contributed by atoms with Crippen molar-refractivity contribution < 1.29 is 4.79 Å². The Morgan fingerprint density at radius 2 is 2.17 bits per heavy atom. The van der Waals surface area contributed by atoms with Crippen LogP contribution in [-0.2, 0) is 24.4 Å². The Labute approximate surface area is 113 Å². The van der Waals surface area contributed by atoms with Crippen molar-refractivity contribution in [1.29, 1.82) is 0 Å². The van der Waals surface area contributed by atoms with Gasteiger partial charge in [0.15, 0.2) is 0 Å². The number of carbonyl (C=O) groups excluding carboxylic acids is 1. The number of halogens is 1. The molecule has 1 aromatic carbocycles. The molecule has 0 N–H and O–H groups in total. The van der Waals surface area contributed by atoms with Crippen LogP contribution in [0, 0.1) is 0 Å². The molecule has 0 bridgehead atoms. The standard InChI is InChI=1S/C12H11BrN4O/c13-11-2-1-9-4-16(5-10(9)3-11)12(18)6-17-8-14-7-15-17/h1-3,7-8H,4-6H2. The normalized spacial score (nSPS) is 13.7. The van der Waals surface area contributed by atoms with Gasteiger partial charge in [-0.1, -0.05) is 22.0 Å². The second-order valence-corrected chi connectivity index (χ2v) is 5.17. The van der Waals surface area contributed by atoms with Crippen LogP contribution in [0.15, 0.2) is 35.3 Å². The van der Waals surface area contributed by atoms with Crippen LogP contribution in [0.2, 0.25) is 0 Å². The Balaban J connectivity index is 1.72. The van der Waals surface area contributed by atoms with Crippen LogP contribution in [-0.4, -0.2) is 25.6 Å². The molecule has 0 atom stereocenters. The molecule has 0 radical (unpaired) electrons. The molecule has 1 aliphatic heterocycles. The lowest BCUT2D eigenvalue weighted by Gasteiger charge is -2.14. The molecule has 0 fully saturated rings. The predicted octanol–water partition coefficient (Wildman–Crippen LogP) is 1.58. The summed E-state index contributed by atoms with van der Waals surface area (Å²) < 4.78 is 2.59. The SMILES string of the molecule is O=C(Cn1cncn1)N1Cc2ccc(Br)cc2C1. The smallest absolute Gasteiger partial charge is 0.244 e. The monoisotopic (exact) mass is 306 g/mol. The lowest BCUT2D eigenvalue weighted by atomic mass is 10.1. The number of hydrogen-bond donors (Lipinski definition) is 0. The van der Waals surface area contributed by atoms with Crippen LogP contribution >= 0.6 is 15.9 Å². The molecule has 92 valence electrons. The highest BCUT2D eigenvalue weighted by molar-refractivity contribution is 9.10. The first-order chi connectivity index (χ1) is 8.72.